The molecule has 2 heterocycles. The van der Waals surface area contributed by atoms with Gasteiger partial charge in [-0.3, -0.25) is 4.99 Å². The van der Waals surface area contributed by atoms with E-state index in [2.05, 4.69) is 36.4 Å². The molecule has 1 fully saturated rings. The minimum absolute atomic E-state index is 0. The Hall–Kier alpha value is -1.53. The van der Waals surface area contributed by atoms with E-state index in [9.17, 15) is 4.39 Å². The van der Waals surface area contributed by atoms with Gasteiger partial charge >= 0.3 is 0 Å². The number of benzene rings is 1. The number of nitrogens with zero attached hydrogens (tertiary/aromatic N) is 5. The molecule has 1 aliphatic rings. The smallest absolute Gasteiger partial charge is 0.205 e. The van der Waals surface area contributed by atoms with E-state index in [1.165, 1.54) is 17.6 Å². The largest absolute Gasteiger partial charge is 0.380 e. The lowest BCUT2D eigenvalue weighted by Crippen LogP contribution is -2.52. The van der Waals surface area contributed by atoms with Crippen molar-refractivity contribution in [2.24, 2.45) is 4.99 Å². The van der Waals surface area contributed by atoms with Crippen molar-refractivity contribution >= 4 is 46.6 Å². The van der Waals surface area contributed by atoms with E-state index in [1.54, 1.807) is 20.2 Å². The highest BCUT2D eigenvalue weighted by Crippen LogP contribution is 2.19. The van der Waals surface area contributed by atoms with Gasteiger partial charge in [-0.05, 0) is 17.7 Å². The number of hydrogen-bond donors (Lipinski definition) is 1. The first kappa shape index (κ1) is 23.7. The van der Waals surface area contributed by atoms with Gasteiger partial charge in [0.05, 0.1) is 6.61 Å². The van der Waals surface area contributed by atoms with Gasteiger partial charge in [0, 0.05) is 70.4 Å². The van der Waals surface area contributed by atoms with Crippen molar-refractivity contribution in [2.75, 3.05) is 45.2 Å². The van der Waals surface area contributed by atoms with Crippen LogP contribution in [-0.4, -0.2) is 60.6 Å². The van der Waals surface area contributed by atoms with Gasteiger partial charge in [0.25, 0.3) is 0 Å². The number of rotatable bonds is 6. The fourth-order valence-electron chi connectivity index (χ4n) is 3.14. The summed E-state index contributed by atoms with van der Waals surface area (Å²) in [5, 5.41) is 4.38. The van der Waals surface area contributed by atoms with Crippen molar-refractivity contribution in [3.05, 3.63) is 41.0 Å². The normalized spacial score (nSPS) is 14.7. The molecule has 0 atom stereocenters. The number of guanidine groups is 1. The van der Waals surface area contributed by atoms with Crippen molar-refractivity contribution in [3.8, 4) is 0 Å². The number of methoxy groups -OCH3 is 1. The Morgan fingerprint density at radius 2 is 2.07 bits per heavy atom. The van der Waals surface area contributed by atoms with Gasteiger partial charge in [0.2, 0.25) is 5.13 Å². The number of aliphatic imine (C=N–C) groups is 1. The molecule has 0 radical (unpaired) electrons. The van der Waals surface area contributed by atoms with Gasteiger partial charge < -0.3 is 19.9 Å². The average molecular weight is 534 g/mol. The van der Waals surface area contributed by atoms with Crippen molar-refractivity contribution in [1.29, 1.82) is 0 Å². The quantitative estimate of drug-likeness (QED) is 0.350. The minimum Gasteiger partial charge on any atom is -0.380 e. The summed E-state index contributed by atoms with van der Waals surface area (Å²) < 4.78 is 23.2. The number of anilines is 1. The molecule has 1 N–H and O–H groups in total. The summed E-state index contributed by atoms with van der Waals surface area (Å²) in [5.74, 6) is 1.52. The zero-order valence-corrected chi connectivity index (χ0v) is 20.2. The van der Waals surface area contributed by atoms with Crippen molar-refractivity contribution < 1.29 is 9.13 Å². The monoisotopic (exact) mass is 534 g/mol. The van der Waals surface area contributed by atoms with Crippen LogP contribution in [0.1, 0.15) is 23.9 Å². The van der Waals surface area contributed by atoms with Crippen molar-refractivity contribution in [3.63, 3.8) is 0 Å². The second-order valence-corrected chi connectivity index (χ2v) is 7.31. The number of piperazine rings is 1. The van der Waals surface area contributed by atoms with E-state index in [1.807, 2.05) is 6.07 Å². The van der Waals surface area contributed by atoms with Crippen LogP contribution < -0.4 is 10.2 Å². The van der Waals surface area contributed by atoms with Crippen LogP contribution in [0, 0.1) is 5.82 Å². The highest BCUT2D eigenvalue weighted by Gasteiger charge is 2.22. The van der Waals surface area contributed by atoms with Crippen LogP contribution in [-0.2, 0) is 24.3 Å². The molecule has 0 saturated carbocycles. The Morgan fingerprint density at radius 3 is 2.69 bits per heavy atom. The molecule has 0 unspecified atom stereocenters. The predicted octanol–water partition coefficient (Wildman–Crippen LogP) is 2.90. The lowest BCUT2D eigenvalue weighted by molar-refractivity contribution is 0.181. The maximum absolute atomic E-state index is 13.8. The molecule has 1 saturated heterocycles. The first-order valence-corrected chi connectivity index (χ1v) is 10.2. The first-order chi connectivity index (χ1) is 13.6. The van der Waals surface area contributed by atoms with Crippen LogP contribution in [0.15, 0.2) is 23.2 Å². The van der Waals surface area contributed by atoms with Crippen LogP contribution in [0.2, 0.25) is 0 Å². The molecule has 0 spiro atoms. The Kier molecular flexibility index (Phi) is 9.50. The topological polar surface area (TPSA) is 65.9 Å². The molecule has 0 bridgehead atoms. The number of aryl methyl sites for hydroxylation is 1. The third-order valence-corrected chi connectivity index (χ3v) is 5.51. The van der Waals surface area contributed by atoms with E-state index >= 15 is 0 Å². The van der Waals surface area contributed by atoms with E-state index in [0.717, 1.165) is 55.1 Å². The van der Waals surface area contributed by atoms with Crippen LogP contribution in [0.3, 0.4) is 0 Å². The minimum atomic E-state index is -0.242. The van der Waals surface area contributed by atoms with Gasteiger partial charge in [-0.1, -0.05) is 13.0 Å². The molecule has 2 aromatic rings. The standard InChI is InChI=1S/C19H27FN6OS.HI/c1-4-17-23-19(28-24-17)26-9-7-25(8-10-26)18(21-2)22-12-14-5-6-16(20)15(11-14)13-27-3;/h5-6,11H,4,7-10,12-13H2,1-3H3,(H,21,22);1H. The first-order valence-electron chi connectivity index (χ1n) is 9.44. The van der Waals surface area contributed by atoms with Gasteiger partial charge in [0.15, 0.2) is 5.96 Å². The highest BCUT2D eigenvalue weighted by atomic mass is 127. The summed E-state index contributed by atoms with van der Waals surface area (Å²) in [6.45, 7) is 6.40. The highest BCUT2D eigenvalue weighted by molar-refractivity contribution is 14.0. The van der Waals surface area contributed by atoms with Crippen LogP contribution in [0.5, 0.6) is 0 Å². The lowest BCUT2D eigenvalue weighted by Gasteiger charge is -2.36. The van der Waals surface area contributed by atoms with Crippen molar-refractivity contribution in [2.45, 2.75) is 26.5 Å². The number of hydrogen-bond acceptors (Lipinski definition) is 6. The fraction of sp³-hybridized carbons (Fsp3) is 0.526. The van der Waals surface area contributed by atoms with Gasteiger partial charge in [-0.15, -0.1) is 24.0 Å². The second kappa shape index (κ2) is 11.6. The molecule has 3 rings (SSSR count). The maximum Gasteiger partial charge on any atom is 0.205 e. The van der Waals surface area contributed by atoms with E-state index in [0.29, 0.717) is 12.1 Å². The Bertz CT molecular complexity index is 810. The zero-order chi connectivity index (χ0) is 19.9. The summed E-state index contributed by atoms with van der Waals surface area (Å²) in [4.78, 5) is 13.5. The third kappa shape index (κ3) is 6.22. The van der Waals surface area contributed by atoms with E-state index in [4.69, 9.17) is 4.74 Å². The molecule has 0 amide bonds. The average Bonchev–Trinajstić information content (AvgIpc) is 3.21. The zero-order valence-electron chi connectivity index (χ0n) is 17.0. The number of ether oxygens (including phenoxy) is 1. The summed E-state index contributed by atoms with van der Waals surface area (Å²) in [6, 6.07) is 5.10. The number of aromatic nitrogens is 2. The lowest BCUT2D eigenvalue weighted by atomic mass is 10.1. The molecule has 1 aliphatic heterocycles. The Morgan fingerprint density at radius 1 is 1.31 bits per heavy atom. The van der Waals surface area contributed by atoms with Crippen LogP contribution in [0.4, 0.5) is 9.52 Å². The molecular weight excluding hydrogens is 506 g/mol. The van der Waals surface area contributed by atoms with E-state index < -0.39 is 0 Å². The molecule has 7 nitrogen and oxygen atoms in total. The summed E-state index contributed by atoms with van der Waals surface area (Å²) >= 11 is 1.47. The second-order valence-electron chi connectivity index (χ2n) is 6.58. The van der Waals surface area contributed by atoms with Crippen LogP contribution in [0.25, 0.3) is 0 Å². The third-order valence-electron chi connectivity index (χ3n) is 4.70. The molecule has 1 aromatic heterocycles. The maximum atomic E-state index is 13.8. The Labute approximate surface area is 192 Å². The molecular formula is C19H28FIN6OS. The van der Waals surface area contributed by atoms with Gasteiger partial charge in [0.1, 0.15) is 11.6 Å². The fourth-order valence-corrected chi connectivity index (χ4v) is 3.95. The van der Waals surface area contributed by atoms with Gasteiger partial charge in [-0.2, -0.15) is 4.37 Å². The molecule has 29 heavy (non-hydrogen) atoms. The van der Waals surface area contributed by atoms with Crippen LogP contribution >= 0.6 is 35.5 Å². The number of halogens is 2. The Balaban J connectivity index is 0.00000300. The summed E-state index contributed by atoms with van der Waals surface area (Å²) in [5.41, 5.74) is 1.56. The molecule has 10 heteroatoms. The van der Waals surface area contributed by atoms with Crippen molar-refractivity contribution in [1.82, 2.24) is 19.6 Å². The summed E-state index contributed by atoms with van der Waals surface area (Å²) in [6.07, 6.45) is 0.864. The van der Waals surface area contributed by atoms with E-state index in [-0.39, 0.29) is 36.4 Å². The SMILES string of the molecule is CCc1nsc(N2CCN(C(=NC)NCc3ccc(F)c(COC)c3)CC2)n1.I. The summed E-state index contributed by atoms with van der Waals surface area (Å²) in [7, 11) is 3.35. The van der Waals surface area contributed by atoms with Gasteiger partial charge in [-0.25, -0.2) is 9.37 Å². The predicted molar refractivity (Wildman–Crippen MR) is 126 cm³/mol. The number of nitrogens with one attached hydrogen (secondary N) is 1. The molecule has 0 aliphatic carbocycles. The molecule has 1 aromatic carbocycles. The molecule has 160 valence electrons.